The molecule has 0 saturated heterocycles. The number of aryl methyl sites for hydroxylation is 1. The van der Waals surface area contributed by atoms with Gasteiger partial charge in [-0.1, -0.05) is 18.2 Å². The second-order valence-corrected chi connectivity index (χ2v) is 8.12. The molecule has 0 unspecified atom stereocenters. The molecule has 0 radical (unpaired) electrons. The summed E-state index contributed by atoms with van der Waals surface area (Å²) in [7, 11) is -2.15. The zero-order chi connectivity index (χ0) is 20.1. The maximum Gasteiger partial charge on any atom is 0.240 e. The van der Waals surface area contributed by atoms with E-state index >= 15 is 0 Å². The van der Waals surface area contributed by atoms with E-state index in [1.165, 1.54) is 31.4 Å². The number of nitrogens with zero attached hydrogens (tertiary/aromatic N) is 2. The maximum atomic E-state index is 13.1. The topological polar surface area (TPSA) is 73.2 Å². The van der Waals surface area contributed by atoms with Crippen LogP contribution in [0.2, 0.25) is 0 Å². The van der Waals surface area contributed by atoms with Crippen LogP contribution in [-0.2, 0) is 23.0 Å². The van der Waals surface area contributed by atoms with Crippen LogP contribution in [0.15, 0.2) is 59.6 Å². The maximum absolute atomic E-state index is 13.1. The molecular formula is C20H22FN3O3S. The van der Waals surface area contributed by atoms with E-state index in [9.17, 15) is 12.8 Å². The molecule has 8 heteroatoms. The van der Waals surface area contributed by atoms with Gasteiger partial charge in [-0.3, -0.25) is 0 Å². The Morgan fingerprint density at radius 3 is 2.64 bits per heavy atom. The van der Waals surface area contributed by atoms with Crippen LogP contribution < -0.4 is 9.46 Å². The van der Waals surface area contributed by atoms with Gasteiger partial charge in [0, 0.05) is 37.5 Å². The lowest BCUT2D eigenvalue weighted by atomic mass is 10.2. The van der Waals surface area contributed by atoms with E-state index in [2.05, 4.69) is 9.71 Å². The highest BCUT2D eigenvalue weighted by molar-refractivity contribution is 7.89. The van der Waals surface area contributed by atoms with Crippen molar-refractivity contribution in [2.45, 2.75) is 24.8 Å². The standard InChI is InChI=1S/C20H22FN3O3S/c1-15-13-22-20(24(15)14-16-6-8-17(21)9-7-16)10-11-23-28(25,26)19-5-3-4-18(12-19)27-2/h3-9,12-13,23H,10-11,14H2,1-2H3. The first-order valence-electron chi connectivity index (χ1n) is 8.78. The molecule has 0 amide bonds. The minimum atomic E-state index is -3.64. The van der Waals surface area contributed by atoms with Crippen molar-refractivity contribution in [1.29, 1.82) is 0 Å². The monoisotopic (exact) mass is 403 g/mol. The van der Waals surface area contributed by atoms with E-state index in [0.717, 1.165) is 17.1 Å². The number of nitrogens with one attached hydrogen (secondary N) is 1. The van der Waals surface area contributed by atoms with Crippen molar-refractivity contribution in [2.24, 2.45) is 0 Å². The van der Waals surface area contributed by atoms with Crippen LogP contribution in [0.25, 0.3) is 0 Å². The molecule has 0 aliphatic heterocycles. The largest absolute Gasteiger partial charge is 0.497 e. The number of sulfonamides is 1. The van der Waals surface area contributed by atoms with Gasteiger partial charge < -0.3 is 9.30 Å². The Morgan fingerprint density at radius 2 is 1.93 bits per heavy atom. The Balaban J connectivity index is 1.67. The first-order chi connectivity index (χ1) is 13.4. The van der Waals surface area contributed by atoms with E-state index in [1.54, 1.807) is 30.5 Å². The van der Waals surface area contributed by atoms with Gasteiger partial charge in [0.15, 0.2) is 0 Å². The highest BCUT2D eigenvalue weighted by atomic mass is 32.2. The van der Waals surface area contributed by atoms with Gasteiger partial charge in [0.1, 0.15) is 17.4 Å². The minimum absolute atomic E-state index is 0.151. The molecular weight excluding hydrogens is 381 g/mol. The summed E-state index contributed by atoms with van der Waals surface area (Å²) >= 11 is 0. The van der Waals surface area contributed by atoms with E-state index in [4.69, 9.17) is 4.74 Å². The number of imidazole rings is 1. The summed E-state index contributed by atoms with van der Waals surface area (Å²) in [6.45, 7) is 2.68. The summed E-state index contributed by atoms with van der Waals surface area (Å²) in [6, 6.07) is 12.6. The third kappa shape index (κ3) is 4.76. The van der Waals surface area contributed by atoms with Crippen molar-refractivity contribution >= 4 is 10.0 Å². The summed E-state index contributed by atoms with van der Waals surface area (Å²) in [6.07, 6.45) is 2.17. The number of methoxy groups -OCH3 is 1. The Hall–Kier alpha value is -2.71. The molecule has 148 valence electrons. The van der Waals surface area contributed by atoms with Crippen molar-refractivity contribution in [3.63, 3.8) is 0 Å². The second kappa shape index (κ2) is 8.53. The smallest absolute Gasteiger partial charge is 0.240 e. The van der Waals surface area contributed by atoms with Gasteiger partial charge in [0.05, 0.1) is 12.0 Å². The highest BCUT2D eigenvalue weighted by Crippen LogP contribution is 2.17. The zero-order valence-electron chi connectivity index (χ0n) is 15.7. The minimum Gasteiger partial charge on any atom is -0.497 e. The summed E-state index contributed by atoms with van der Waals surface area (Å²) in [5.41, 5.74) is 1.90. The first kappa shape index (κ1) is 20.0. The lowest BCUT2D eigenvalue weighted by molar-refractivity contribution is 0.413. The predicted octanol–water partition coefficient (Wildman–Crippen LogP) is 2.91. The SMILES string of the molecule is COc1cccc(S(=O)(=O)NCCc2ncc(C)n2Cc2ccc(F)cc2)c1. The molecule has 3 rings (SSSR count). The molecule has 28 heavy (non-hydrogen) atoms. The van der Waals surface area contributed by atoms with E-state index in [1.807, 2.05) is 11.5 Å². The van der Waals surface area contributed by atoms with Crippen molar-refractivity contribution in [2.75, 3.05) is 13.7 Å². The zero-order valence-corrected chi connectivity index (χ0v) is 16.5. The fourth-order valence-corrected chi connectivity index (χ4v) is 3.91. The number of aromatic nitrogens is 2. The van der Waals surface area contributed by atoms with Gasteiger partial charge in [-0.15, -0.1) is 0 Å². The van der Waals surface area contributed by atoms with Crippen LogP contribution in [0.1, 0.15) is 17.1 Å². The molecule has 0 bridgehead atoms. The highest BCUT2D eigenvalue weighted by Gasteiger charge is 2.15. The molecule has 1 heterocycles. The Bertz CT molecular complexity index is 1050. The summed E-state index contributed by atoms with van der Waals surface area (Å²) in [5, 5.41) is 0. The van der Waals surface area contributed by atoms with Gasteiger partial charge in [-0.05, 0) is 36.8 Å². The fraction of sp³-hybridized carbons (Fsp3) is 0.250. The molecule has 3 aromatic rings. The number of hydrogen-bond donors (Lipinski definition) is 1. The molecule has 0 atom stereocenters. The third-order valence-corrected chi connectivity index (χ3v) is 5.84. The number of benzene rings is 2. The van der Waals surface area contributed by atoms with Gasteiger partial charge in [0.25, 0.3) is 0 Å². The van der Waals surface area contributed by atoms with Crippen LogP contribution in [-0.4, -0.2) is 31.6 Å². The number of halogens is 1. The Kier molecular flexibility index (Phi) is 6.11. The van der Waals surface area contributed by atoms with E-state index < -0.39 is 10.0 Å². The predicted molar refractivity (Wildman–Crippen MR) is 104 cm³/mol. The number of hydrogen-bond acceptors (Lipinski definition) is 4. The molecule has 2 aromatic carbocycles. The average Bonchev–Trinajstić information content (AvgIpc) is 3.03. The normalized spacial score (nSPS) is 11.5. The molecule has 1 aromatic heterocycles. The molecule has 6 nitrogen and oxygen atoms in total. The van der Waals surface area contributed by atoms with Crippen LogP contribution in [0.4, 0.5) is 4.39 Å². The van der Waals surface area contributed by atoms with Crippen LogP contribution in [0.3, 0.4) is 0 Å². The Morgan fingerprint density at radius 1 is 1.18 bits per heavy atom. The van der Waals surface area contributed by atoms with Crippen molar-refractivity contribution in [3.8, 4) is 5.75 Å². The van der Waals surface area contributed by atoms with Gasteiger partial charge in [0.2, 0.25) is 10.0 Å². The summed E-state index contributed by atoms with van der Waals surface area (Å²) in [5.74, 6) is 0.960. The van der Waals surface area contributed by atoms with Crippen molar-refractivity contribution < 1.29 is 17.5 Å². The summed E-state index contributed by atoms with van der Waals surface area (Å²) in [4.78, 5) is 4.53. The van der Waals surface area contributed by atoms with Crippen molar-refractivity contribution in [1.82, 2.24) is 14.3 Å². The molecule has 0 aliphatic carbocycles. The van der Waals surface area contributed by atoms with E-state index in [-0.39, 0.29) is 17.3 Å². The quantitative estimate of drug-likeness (QED) is 0.628. The molecule has 0 spiro atoms. The van der Waals surface area contributed by atoms with Gasteiger partial charge >= 0.3 is 0 Å². The molecule has 0 aliphatic rings. The Labute approximate surface area is 164 Å². The molecule has 1 N–H and O–H groups in total. The lowest BCUT2D eigenvalue weighted by Crippen LogP contribution is -2.27. The fourth-order valence-electron chi connectivity index (χ4n) is 2.85. The van der Waals surface area contributed by atoms with Crippen LogP contribution in [0, 0.1) is 12.7 Å². The second-order valence-electron chi connectivity index (χ2n) is 6.36. The van der Waals surface area contributed by atoms with E-state index in [0.29, 0.717) is 18.7 Å². The number of ether oxygens (including phenoxy) is 1. The van der Waals surface area contributed by atoms with Gasteiger partial charge in [-0.2, -0.15) is 0 Å². The molecule has 0 saturated carbocycles. The van der Waals surface area contributed by atoms with Crippen LogP contribution in [0.5, 0.6) is 5.75 Å². The van der Waals surface area contributed by atoms with Crippen LogP contribution >= 0.6 is 0 Å². The molecule has 0 fully saturated rings. The lowest BCUT2D eigenvalue weighted by Gasteiger charge is -2.11. The van der Waals surface area contributed by atoms with Gasteiger partial charge in [-0.25, -0.2) is 22.5 Å². The number of rotatable bonds is 8. The van der Waals surface area contributed by atoms with Crippen molar-refractivity contribution in [3.05, 3.63) is 77.6 Å². The first-order valence-corrected chi connectivity index (χ1v) is 10.3. The summed E-state index contributed by atoms with van der Waals surface area (Å²) < 4.78 is 47.7. The average molecular weight is 403 g/mol. The third-order valence-electron chi connectivity index (χ3n) is 4.38.